The fourth-order valence-corrected chi connectivity index (χ4v) is 4.41. The lowest BCUT2D eigenvalue weighted by Crippen LogP contribution is -2.56. The van der Waals surface area contributed by atoms with Crippen LogP contribution in [0.15, 0.2) is 54.6 Å². The molecule has 1 heterocycles. The zero-order chi connectivity index (χ0) is 23.1. The number of ether oxygens (including phenoxy) is 1. The van der Waals surface area contributed by atoms with Crippen LogP contribution in [0, 0.1) is 10.1 Å². The number of nitro benzene ring substituents is 1. The SMILES string of the molecule is COC(=O)[C@H](Cc1ccc([N+](=O)[O-])cc1)NC(=O)C1CSCC(=O)N1Cc1ccccc1. The van der Waals surface area contributed by atoms with Crippen LogP contribution in [-0.4, -0.2) is 58.3 Å². The summed E-state index contributed by atoms with van der Waals surface area (Å²) in [6.45, 7) is 0.295. The number of nitro groups is 1. The van der Waals surface area contributed by atoms with Gasteiger partial charge in [0, 0.05) is 30.9 Å². The topological polar surface area (TPSA) is 119 Å². The molecular weight excluding hydrogens is 434 g/mol. The van der Waals surface area contributed by atoms with E-state index in [0.717, 1.165) is 5.56 Å². The Labute approximate surface area is 189 Å². The van der Waals surface area contributed by atoms with Gasteiger partial charge in [0.25, 0.3) is 5.69 Å². The summed E-state index contributed by atoms with van der Waals surface area (Å²) in [5.74, 6) is -0.523. The minimum Gasteiger partial charge on any atom is -0.467 e. The third-order valence-electron chi connectivity index (χ3n) is 5.09. The van der Waals surface area contributed by atoms with Crippen LogP contribution in [0.4, 0.5) is 5.69 Å². The van der Waals surface area contributed by atoms with Crippen molar-refractivity contribution in [2.75, 3.05) is 18.6 Å². The lowest BCUT2D eigenvalue weighted by Gasteiger charge is -2.35. The summed E-state index contributed by atoms with van der Waals surface area (Å²) in [5, 5.41) is 13.5. The predicted octanol–water partition coefficient (Wildman–Crippen LogP) is 1.94. The molecule has 1 unspecified atom stereocenters. The maximum absolute atomic E-state index is 13.1. The van der Waals surface area contributed by atoms with Crippen LogP contribution in [0.2, 0.25) is 0 Å². The summed E-state index contributed by atoms with van der Waals surface area (Å²) in [4.78, 5) is 49.8. The van der Waals surface area contributed by atoms with Gasteiger partial charge in [-0.25, -0.2) is 4.79 Å². The molecule has 32 heavy (non-hydrogen) atoms. The van der Waals surface area contributed by atoms with E-state index < -0.39 is 28.9 Å². The second kappa shape index (κ2) is 10.8. The van der Waals surface area contributed by atoms with Gasteiger partial charge in [-0.2, -0.15) is 0 Å². The Morgan fingerprint density at radius 2 is 1.88 bits per heavy atom. The zero-order valence-corrected chi connectivity index (χ0v) is 18.2. The highest BCUT2D eigenvalue weighted by Crippen LogP contribution is 2.21. The average Bonchev–Trinajstić information content (AvgIpc) is 2.80. The van der Waals surface area contributed by atoms with Crippen molar-refractivity contribution in [3.05, 3.63) is 75.8 Å². The molecule has 2 atom stereocenters. The first kappa shape index (κ1) is 23.3. The highest BCUT2D eigenvalue weighted by atomic mass is 32.2. The van der Waals surface area contributed by atoms with E-state index in [4.69, 9.17) is 4.74 Å². The number of methoxy groups -OCH3 is 1. The number of nitrogens with one attached hydrogen (secondary N) is 1. The van der Waals surface area contributed by atoms with E-state index in [2.05, 4.69) is 5.32 Å². The monoisotopic (exact) mass is 457 g/mol. The number of hydrogen-bond acceptors (Lipinski definition) is 7. The van der Waals surface area contributed by atoms with E-state index in [1.807, 2.05) is 30.3 Å². The Bertz CT molecular complexity index is 983. The molecule has 2 aromatic rings. The lowest BCUT2D eigenvalue weighted by atomic mass is 10.0. The van der Waals surface area contributed by atoms with Crippen molar-refractivity contribution in [2.45, 2.75) is 25.0 Å². The third kappa shape index (κ3) is 5.85. The van der Waals surface area contributed by atoms with E-state index in [0.29, 0.717) is 23.6 Å². The molecule has 0 aromatic heterocycles. The molecule has 168 valence electrons. The highest BCUT2D eigenvalue weighted by molar-refractivity contribution is 8.00. The van der Waals surface area contributed by atoms with E-state index in [1.165, 1.54) is 48.0 Å². The molecule has 1 aliphatic rings. The summed E-state index contributed by atoms with van der Waals surface area (Å²) >= 11 is 1.37. The molecule has 0 radical (unpaired) electrons. The minimum atomic E-state index is -0.991. The van der Waals surface area contributed by atoms with Crippen LogP contribution in [0.3, 0.4) is 0 Å². The van der Waals surface area contributed by atoms with Gasteiger partial charge in [-0.3, -0.25) is 19.7 Å². The van der Waals surface area contributed by atoms with Crippen LogP contribution in [-0.2, 0) is 32.1 Å². The van der Waals surface area contributed by atoms with Crippen LogP contribution in [0.5, 0.6) is 0 Å². The summed E-state index contributed by atoms with van der Waals surface area (Å²) < 4.78 is 4.83. The summed E-state index contributed by atoms with van der Waals surface area (Å²) in [6, 6.07) is 13.4. The average molecular weight is 458 g/mol. The molecule has 3 rings (SSSR count). The van der Waals surface area contributed by atoms with Crippen molar-refractivity contribution in [3.8, 4) is 0 Å². The zero-order valence-electron chi connectivity index (χ0n) is 17.4. The summed E-state index contributed by atoms with van der Waals surface area (Å²) in [7, 11) is 1.22. The first-order valence-corrected chi connectivity index (χ1v) is 11.1. The van der Waals surface area contributed by atoms with Gasteiger partial charge in [0.05, 0.1) is 17.8 Å². The minimum absolute atomic E-state index is 0.0679. The number of esters is 1. The second-order valence-electron chi connectivity index (χ2n) is 7.25. The maximum atomic E-state index is 13.1. The van der Waals surface area contributed by atoms with Gasteiger partial charge >= 0.3 is 5.97 Å². The van der Waals surface area contributed by atoms with Gasteiger partial charge < -0.3 is 15.0 Å². The number of hydrogen-bond donors (Lipinski definition) is 1. The largest absolute Gasteiger partial charge is 0.467 e. The molecule has 1 fully saturated rings. The second-order valence-corrected chi connectivity index (χ2v) is 8.28. The normalized spacial score (nSPS) is 16.8. The Balaban J connectivity index is 1.74. The number of benzene rings is 2. The fourth-order valence-electron chi connectivity index (χ4n) is 3.39. The van der Waals surface area contributed by atoms with Crippen molar-refractivity contribution < 1.29 is 24.0 Å². The molecule has 10 heteroatoms. The number of thioether (sulfide) groups is 1. The molecule has 0 aliphatic carbocycles. The lowest BCUT2D eigenvalue weighted by molar-refractivity contribution is -0.384. The van der Waals surface area contributed by atoms with Gasteiger partial charge in [-0.15, -0.1) is 11.8 Å². The first-order valence-electron chi connectivity index (χ1n) is 9.91. The Kier molecular flexibility index (Phi) is 7.82. The van der Waals surface area contributed by atoms with Gasteiger partial charge in [0.1, 0.15) is 12.1 Å². The molecule has 2 aromatic carbocycles. The Morgan fingerprint density at radius 3 is 2.50 bits per heavy atom. The maximum Gasteiger partial charge on any atom is 0.328 e. The highest BCUT2D eigenvalue weighted by Gasteiger charge is 2.35. The van der Waals surface area contributed by atoms with Crippen molar-refractivity contribution in [1.82, 2.24) is 10.2 Å². The molecule has 2 amide bonds. The van der Waals surface area contributed by atoms with Crippen LogP contribution < -0.4 is 5.32 Å². The van der Waals surface area contributed by atoms with Gasteiger partial charge in [0.2, 0.25) is 11.8 Å². The van der Waals surface area contributed by atoms with Gasteiger partial charge in [0.15, 0.2) is 0 Å². The molecule has 1 saturated heterocycles. The van der Waals surface area contributed by atoms with Crippen molar-refractivity contribution in [2.24, 2.45) is 0 Å². The molecule has 9 nitrogen and oxygen atoms in total. The number of non-ortho nitro benzene ring substituents is 1. The molecular formula is C22H23N3O6S. The van der Waals surface area contributed by atoms with Gasteiger partial charge in [-0.05, 0) is 11.1 Å². The standard InChI is InChI=1S/C22H23N3O6S/c1-31-22(28)18(11-15-7-9-17(10-8-15)25(29)30)23-21(27)19-13-32-14-20(26)24(19)12-16-5-3-2-4-6-16/h2-10,18-19H,11-14H2,1H3,(H,23,27)/t18-,19?/m0/s1. The number of rotatable bonds is 8. The number of carbonyl (C=O) groups excluding carboxylic acids is 3. The summed E-state index contributed by atoms with van der Waals surface area (Å²) in [5.41, 5.74) is 1.46. The van der Waals surface area contributed by atoms with Crippen molar-refractivity contribution in [3.63, 3.8) is 0 Å². The third-order valence-corrected chi connectivity index (χ3v) is 6.09. The number of amides is 2. The van der Waals surface area contributed by atoms with E-state index in [9.17, 15) is 24.5 Å². The first-order chi connectivity index (χ1) is 15.4. The van der Waals surface area contributed by atoms with Crippen LogP contribution in [0.25, 0.3) is 0 Å². The number of carbonyl (C=O) groups is 3. The van der Waals surface area contributed by atoms with Crippen molar-refractivity contribution >= 4 is 35.2 Å². The Morgan fingerprint density at radius 1 is 1.19 bits per heavy atom. The van der Waals surface area contributed by atoms with Crippen molar-refractivity contribution in [1.29, 1.82) is 0 Å². The van der Waals surface area contributed by atoms with Crippen LogP contribution in [0.1, 0.15) is 11.1 Å². The fraction of sp³-hybridized carbons (Fsp3) is 0.318. The van der Waals surface area contributed by atoms with E-state index in [-0.39, 0.29) is 18.0 Å². The molecule has 1 N–H and O–H groups in total. The van der Waals surface area contributed by atoms with E-state index in [1.54, 1.807) is 0 Å². The Hall–Kier alpha value is -3.40. The molecule has 0 spiro atoms. The molecule has 1 aliphatic heterocycles. The van der Waals surface area contributed by atoms with E-state index >= 15 is 0 Å². The predicted molar refractivity (Wildman–Crippen MR) is 119 cm³/mol. The molecule has 0 saturated carbocycles. The number of nitrogens with zero attached hydrogens (tertiary/aromatic N) is 2. The van der Waals surface area contributed by atoms with Crippen LogP contribution >= 0.6 is 11.8 Å². The quantitative estimate of drug-likeness (QED) is 0.365. The van der Waals surface area contributed by atoms with Gasteiger partial charge in [-0.1, -0.05) is 42.5 Å². The molecule has 0 bridgehead atoms. The smallest absolute Gasteiger partial charge is 0.328 e. The summed E-state index contributed by atoms with van der Waals surface area (Å²) in [6.07, 6.45) is 0.100.